The van der Waals surface area contributed by atoms with Gasteiger partial charge in [-0.25, -0.2) is 0 Å². The van der Waals surface area contributed by atoms with Gasteiger partial charge in [-0.3, -0.25) is 0 Å². The molecule has 1 aromatic rings. The van der Waals surface area contributed by atoms with Crippen molar-refractivity contribution in [2.45, 2.75) is 26.3 Å². The van der Waals surface area contributed by atoms with Gasteiger partial charge in [-0.05, 0) is 87.9 Å². The number of ether oxygens (including phenoxy) is 1. The lowest BCUT2D eigenvalue weighted by Gasteiger charge is -2.38. The van der Waals surface area contributed by atoms with Gasteiger partial charge in [0.15, 0.2) is 0 Å². The molecular formula is C16H24Br2N2O. The minimum atomic E-state index is 0.424. The third-order valence-corrected chi connectivity index (χ3v) is 5.52. The van der Waals surface area contributed by atoms with E-state index in [1.54, 1.807) is 7.11 Å². The predicted molar refractivity (Wildman–Crippen MR) is 94.9 cm³/mol. The highest BCUT2D eigenvalue weighted by molar-refractivity contribution is 9.11. The first-order chi connectivity index (χ1) is 9.93. The molecule has 1 saturated heterocycles. The Balaban J connectivity index is 1.89. The summed E-state index contributed by atoms with van der Waals surface area (Å²) in [6.07, 6.45) is 2.54. The second-order valence-corrected chi connectivity index (χ2v) is 8.02. The third kappa shape index (κ3) is 4.68. The lowest BCUT2D eigenvalue weighted by atomic mass is 9.80. The number of rotatable bonds is 5. The van der Waals surface area contributed by atoms with Crippen molar-refractivity contribution < 1.29 is 4.74 Å². The Morgan fingerprint density at radius 2 is 1.81 bits per heavy atom. The van der Waals surface area contributed by atoms with Gasteiger partial charge in [0.1, 0.15) is 5.75 Å². The summed E-state index contributed by atoms with van der Waals surface area (Å²) in [5, 5.41) is 3.62. The summed E-state index contributed by atoms with van der Waals surface area (Å²) in [7, 11) is 3.89. The molecule has 1 aromatic carbocycles. The van der Waals surface area contributed by atoms with Crippen LogP contribution in [0.3, 0.4) is 0 Å². The minimum Gasteiger partial charge on any atom is -0.494 e. The quantitative estimate of drug-likeness (QED) is 0.779. The summed E-state index contributed by atoms with van der Waals surface area (Å²) in [5.74, 6) is 0.848. The fourth-order valence-electron chi connectivity index (χ4n) is 2.75. The van der Waals surface area contributed by atoms with Gasteiger partial charge in [0, 0.05) is 13.1 Å². The number of halogens is 2. The van der Waals surface area contributed by atoms with E-state index in [0.717, 1.165) is 27.8 Å². The number of nitrogens with one attached hydrogen (secondary N) is 1. The van der Waals surface area contributed by atoms with E-state index >= 15 is 0 Å². The van der Waals surface area contributed by atoms with Crippen LogP contribution >= 0.6 is 31.9 Å². The molecule has 1 heterocycles. The van der Waals surface area contributed by atoms with Gasteiger partial charge in [0.2, 0.25) is 0 Å². The zero-order valence-corrected chi connectivity index (χ0v) is 16.2. The van der Waals surface area contributed by atoms with Crippen molar-refractivity contribution in [3.63, 3.8) is 0 Å². The number of nitrogens with zero attached hydrogens (tertiary/aromatic N) is 1. The Morgan fingerprint density at radius 3 is 2.33 bits per heavy atom. The molecule has 0 radical (unpaired) electrons. The Hall–Kier alpha value is -0.100. The monoisotopic (exact) mass is 418 g/mol. The Kier molecular flexibility index (Phi) is 6.12. The molecule has 21 heavy (non-hydrogen) atoms. The molecule has 3 nitrogen and oxygen atoms in total. The van der Waals surface area contributed by atoms with Crippen LogP contribution in [0, 0.1) is 5.41 Å². The molecule has 1 N–H and O–H groups in total. The van der Waals surface area contributed by atoms with Gasteiger partial charge in [-0.15, -0.1) is 0 Å². The highest BCUT2D eigenvalue weighted by Gasteiger charge is 2.28. The molecule has 2 rings (SSSR count). The van der Waals surface area contributed by atoms with Gasteiger partial charge in [0.05, 0.1) is 16.1 Å². The number of benzene rings is 1. The molecule has 1 aliphatic rings. The summed E-state index contributed by atoms with van der Waals surface area (Å²) >= 11 is 7.11. The van der Waals surface area contributed by atoms with Crippen LogP contribution in [0.15, 0.2) is 21.1 Å². The van der Waals surface area contributed by atoms with Crippen molar-refractivity contribution in [3.05, 3.63) is 26.6 Å². The summed E-state index contributed by atoms with van der Waals surface area (Å²) in [6.45, 7) is 6.76. The maximum absolute atomic E-state index is 5.34. The summed E-state index contributed by atoms with van der Waals surface area (Å²) in [6, 6.07) is 4.24. The van der Waals surface area contributed by atoms with Gasteiger partial charge in [0.25, 0.3) is 0 Å². The van der Waals surface area contributed by atoms with E-state index in [9.17, 15) is 0 Å². The van der Waals surface area contributed by atoms with Crippen LogP contribution in [-0.4, -0.2) is 38.7 Å². The number of piperidine rings is 1. The van der Waals surface area contributed by atoms with Crippen LogP contribution < -0.4 is 10.1 Å². The highest BCUT2D eigenvalue weighted by atomic mass is 79.9. The zero-order chi connectivity index (χ0) is 15.5. The van der Waals surface area contributed by atoms with Crippen LogP contribution in [0.25, 0.3) is 0 Å². The molecular weight excluding hydrogens is 396 g/mol. The van der Waals surface area contributed by atoms with Crippen molar-refractivity contribution >= 4 is 31.9 Å². The smallest absolute Gasteiger partial charge is 0.147 e. The van der Waals surface area contributed by atoms with Crippen molar-refractivity contribution in [2.24, 2.45) is 5.41 Å². The fourth-order valence-corrected chi connectivity index (χ4v) is 4.36. The molecule has 1 fully saturated rings. The van der Waals surface area contributed by atoms with Crippen molar-refractivity contribution in [1.82, 2.24) is 10.2 Å². The molecule has 118 valence electrons. The molecule has 5 heteroatoms. The Morgan fingerprint density at radius 1 is 1.24 bits per heavy atom. The second kappa shape index (κ2) is 7.44. The van der Waals surface area contributed by atoms with Gasteiger partial charge >= 0.3 is 0 Å². The second-order valence-electron chi connectivity index (χ2n) is 6.31. The number of hydrogen-bond acceptors (Lipinski definition) is 3. The highest BCUT2D eigenvalue weighted by Crippen LogP contribution is 2.34. The SMILES string of the molecule is COc1c(Br)cc(CNCC2(C)CCN(C)CC2)cc1Br. The zero-order valence-electron chi connectivity index (χ0n) is 13.0. The maximum Gasteiger partial charge on any atom is 0.147 e. The van der Waals surface area contributed by atoms with E-state index in [1.165, 1.54) is 31.5 Å². The molecule has 0 aliphatic carbocycles. The lowest BCUT2D eigenvalue weighted by molar-refractivity contribution is 0.137. The Bertz CT molecular complexity index is 462. The molecule has 0 atom stereocenters. The van der Waals surface area contributed by atoms with E-state index in [0.29, 0.717) is 5.41 Å². The summed E-state index contributed by atoms with van der Waals surface area (Å²) < 4.78 is 7.31. The van der Waals surface area contributed by atoms with Crippen LogP contribution in [0.4, 0.5) is 0 Å². The van der Waals surface area contributed by atoms with Crippen molar-refractivity contribution in [3.8, 4) is 5.75 Å². The first-order valence-corrected chi connectivity index (χ1v) is 8.93. The van der Waals surface area contributed by atoms with E-state index in [2.05, 4.69) is 68.2 Å². The molecule has 0 unspecified atom stereocenters. The van der Waals surface area contributed by atoms with Crippen LogP contribution in [0.5, 0.6) is 5.75 Å². The van der Waals surface area contributed by atoms with E-state index in [4.69, 9.17) is 4.74 Å². The van der Waals surface area contributed by atoms with Crippen LogP contribution in [0.1, 0.15) is 25.3 Å². The fraction of sp³-hybridized carbons (Fsp3) is 0.625. The van der Waals surface area contributed by atoms with Gasteiger partial charge < -0.3 is 15.0 Å². The number of likely N-dealkylation sites (tertiary alicyclic amines) is 1. The standard InChI is InChI=1S/C16H24Br2N2O/c1-16(4-6-20(2)7-5-16)11-19-10-12-8-13(17)15(21-3)14(18)9-12/h8-9,19H,4-7,10-11H2,1-3H3. The maximum atomic E-state index is 5.34. The topological polar surface area (TPSA) is 24.5 Å². The third-order valence-electron chi connectivity index (χ3n) is 4.34. The van der Waals surface area contributed by atoms with Crippen LogP contribution in [0.2, 0.25) is 0 Å². The molecule has 0 bridgehead atoms. The number of hydrogen-bond donors (Lipinski definition) is 1. The first kappa shape index (κ1) is 17.3. The van der Waals surface area contributed by atoms with Crippen molar-refractivity contribution in [2.75, 3.05) is 33.8 Å². The Labute approximate surface area is 144 Å². The van der Waals surface area contributed by atoms with Crippen LogP contribution in [-0.2, 0) is 6.54 Å². The molecule has 0 aromatic heterocycles. The normalized spacial score (nSPS) is 18.7. The summed E-state index contributed by atoms with van der Waals surface area (Å²) in [4.78, 5) is 2.42. The molecule has 0 saturated carbocycles. The van der Waals surface area contributed by atoms with Gasteiger partial charge in [-0.1, -0.05) is 6.92 Å². The van der Waals surface area contributed by atoms with E-state index in [-0.39, 0.29) is 0 Å². The van der Waals surface area contributed by atoms with Crippen molar-refractivity contribution in [1.29, 1.82) is 0 Å². The first-order valence-electron chi connectivity index (χ1n) is 7.35. The minimum absolute atomic E-state index is 0.424. The lowest BCUT2D eigenvalue weighted by Crippen LogP contribution is -2.41. The number of methoxy groups -OCH3 is 1. The van der Waals surface area contributed by atoms with E-state index in [1.807, 2.05) is 0 Å². The molecule has 0 spiro atoms. The predicted octanol–water partition coefficient (Wildman–Crippen LogP) is 4.04. The molecule has 1 aliphatic heterocycles. The summed E-state index contributed by atoms with van der Waals surface area (Å²) in [5.41, 5.74) is 1.68. The molecule has 0 amide bonds. The average molecular weight is 420 g/mol. The largest absolute Gasteiger partial charge is 0.494 e. The average Bonchev–Trinajstić information content (AvgIpc) is 2.42. The van der Waals surface area contributed by atoms with Gasteiger partial charge in [-0.2, -0.15) is 0 Å². The van der Waals surface area contributed by atoms with E-state index < -0.39 is 0 Å².